The summed E-state index contributed by atoms with van der Waals surface area (Å²) >= 11 is 0. The van der Waals surface area contributed by atoms with Crippen LogP contribution in [0, 0.1) is 68.0 Å². The summed E-state index contributed by atoms with van der Waals surface area (Å²) in [7, 11) is 6.21. The number of nitrogens with zero attached hydrogens (tertiary/aromatic N) is 5. The van der Waals surface area contributed by atoms with E-state index in [-0.39, 0.29) is 145 Å². The van der Waals surface area contributed by atoms with Crippen molar-refractivity contribution in [2.75, 3.05) is 85.0 Å². The van der Waals surface area contributed by atoms with Gasteiger partial charge in [0.1, 0.15) is 80.8 Å². The Hall–Kier alpha value is -9.02. The second-order valence-electron chi connectivity index (χ2n) is 43.9. The molecule has 5 aliphatic carbocycles. The first-order chi connectivity index (χ1) is 66.9. The summed E-state index contributed by atoms with van der Waals surface area (Å²) in [6, 6.07) is 32.6. The second kappa shape index (κ2) is 59.0. The Morgan fingerprint density at radius 3 is 1.30 bits per heavy atom. The van der Waals surface area contributed by atoms with Gasteiger partial charge in [-0.3, -0.25) is 43.4 Å². The fourth-order valence-corrected chi connectivity index (χ4v) is 16.7. The summed E-state index contributed by atoms with van der Waals surface area (Å²) in [6.45, 7) is 53.6. The van der Waals surface area contributed by atoms with Crippen LogP contribution in [0.1, 0.15) is 357 Å². The average molecular weight is 1990 g/mol. The molecule has 27 nitrogen and oxygen atoms in total. The number of anilines is 2. The van der Waals surface area contributed by atoms with Crippen LogP contribution >= 0.6 is 0 Å². The number of hydrogen-bond acceptors (Lipinski definition) is 27. The molecule has 12 rings (SSSR count). The molecule has 0 spiro atoms. The first kappa shape index (κ1) is 123. The Morgan fingerprint density at radius 2 is 0.859 bits per heavy atom. The summed E-state index contributed by atoms with van der Waals surface area (Å²) in [5.41, 5.74) is 1.80. The highest BCUT2D eigenvalue weighted by Crippen LogP contribution is 2.56. The van der Waals surface area contributed by atoms with Crippen LogP contribution in [0.3, 0.4) is 0 Å². The minimum absolute atomic E-state index is 0.0278. The van der Waals surface area contributed by atoms with Crippen molar-refractivity contribution >= 4 is 53.7 Å². The number of carbonyl (C=O) groups is 7. The Labute approximate surface area is 852 Å². The number of carbonyl (C=O) groups excluding carboxylic acids is 7. The third-order valence-corrected chi connectivity index (χ3v) is 30.4. The maximum Gasteiger partial charge on any atom is 0.323 e. The van der Waals surface area contributed by atoms with E-state index in [0.717, 1.165) is 94.6 Å². The zero-order chi connectivity index (χ0) is 106. The number of benzene rings is 4. The summed E-state index contributed by atoms with van der Waals surface area (Å²) < 4.78 is 70.8. The predicted molar refractivity (Wildman–Crippen MR) is 559 cm³/mol. The zero-order valence-corrected chi connectivity index (χ0v) is 92.5. The molecule has 11 unspecified atom stereocenters. The van der Waals surface area contributed by atoms with Crippen molar-refractivity contribution in [3.63, 3.8) is 0 Å². The Balaban J connectivity index is 0.000000291. The molecule has 0 amide bonds. The van der Waals surface area contributed by atoms with Gasteiger partial charge in [0.05, 0.1) is 57.2 Å². The second-order valence-corrected chi connectivity index (χ2v) is 43.9. The van der Waals surface area contributed by atoms with Gasteiger partial charge in [-0.05, 0) is 308 Å². The number of fused-ring (bicyclic) bond motifs is 2. The summed E-state index contributed by atoms with van der Waals surface area (Å²) in [6.07, 6.45) is 26.3. The molecule has 27 heteroatoms. The summed E-state index contributed by atoms with van der Waals surface area (Å²) in [5, 5.41) is 18.0. The minimum atomic E-state index is -0.547. The van der Waals surface area contributed by atoms with E-state index in [1.54, 1.807) is 62.5 Å². The van der Waals surface area contributed by atoms with Gasteiger partial charge < -0.3 is 71.8 Å². The quantitative estimate of drug-likeness (QED) is 0.00919. The monoisotopic (exact) mass is 1990 g/mol. The molecular weight excluding hydrogens is 1800 g/mol. The molecule has 4 aromatic carbocycles. The Bertz CT molecular complexity index is 4450. The zero-order valence-electron chi connectivity index (χ0n) is 92.5. The predicted octanol–water partition coefficient (Wildman–Crippen LogP) is 25.3. The van der Waals surface area contributed by atoms with Crippen LogP contribution in [0.5, 0.6) is 23.3 Å². The molecule has 3 heterocycles. The first-order valence-corrected chi connectivity index (χ1v) is 52.6. The van der Waals surface area contributed by atoms with Gasteiger partial charge in [0, 0.05) is 40.3 Å². The topological polar surface area (TPSA) is 328 Å². The van der Waals surface area contributed by atoms with Crippen molar-refractivity contribution in [2.24, 2.45) is 68.0 Å². The van der Waals surface area contributed by atoms with Crippen LogP contribution in [0.4, 0.5) is 11.9 Å². The largest absolute Gasteiger partial charge is 0.508 e. The molecule has 5 saturated carbocycles. The number of aromatic hydroxyl groups is 2. The van der Waals surface area contributed by atoms with Gasteiger partial charge in [0.15, 0.2) is 0 Å². The Morgan fingerprint density at radius 1 is 0.437 bits per heavy atom. The maximum atomic E-state index is 12.3. The first-order valence-electron chi connectivity index (χ1n) is 52.6. The standard InChI is InChI=1S/C19H35N5O7.C18H20O2.C16H30O2.C15H28O2.C14H20O4.C13H22O3.2C10H14O/c1-8-19(2,3)15(25)30-9-10-31-18-21-16(23(11-26-4)12-27-5)20-17(22-18)24(13-28-6)14-29-7;1-4-18(2,3)17(19)20-16-12-10-15(11-13-16)14-8-6-5-7-9-14;1-6-15(3,4)14(17)18-16(5,7-2)13-11-9-8-10-12-13;1-6-14(2,3)13(16)17-15(4,5)12-10-8-7-9-11-12;1-4-14(2,3)13(16)18-10-7-5-8-9(6-7)12(15)17-11(8)10;1-4-13(2,3)12(14)15-8-9-5-6-10-11(7-9)16-10;2*1-3-8(2)9-4-6-10(11)7-5-9/h8-14H2,1-7H3;5-13H,4H2,1-3H3;13H,6-12H2,1-5H3;12H,6-11H2,1-5H3;7-11H,4-6H2,1-3H3;9-11H,4-8H2,1-3H3;2*4-8,11H,3H2,1-2H3. The lowest BCUT2D eigenvalue weighted by Gasteiger charge is -2.40. The fraction of sp³-hybridized carbons (Fsp3) is 0.704. The van der Waals surface area contributed by atoms with Gasteiger partial charge in [-0.15, -0.1) is 0 Å². The van der Waals surface area contributed by atoms with Crippen molar-refractivity contribution in [1.82, 2.24) is 15.0 Å². The smallest absolute Gasteiger partial charge is 0.323 e. The van der Waals surface area contributed by atoms with Crippen LogP contribution in [-0.2, 0) is 85.7 Å². The lowest BCUT2D eigenvalue weighted by Crippen LogP contribution is -2.43. The van der Waals surface area contributed by atoms with Crippen LogP contribution in [-0.4, -0.2) is 178 Å². The highest BCUT2D eigenvalue weighted by atomic mass is 16.6. The Kier molecular flexibility index (Phi) is 51.3. The van der Waals surface area contributed by atoms with E-state index < -0.39 is 16.2 Å². The molecule has 142 heavy (non-hydrogen) atoms. The molecule has 2 bridgehead atoms. The van der Waals surface area contributed by atoms with Crippen LogP contribution in [0.2, 0.25) is 0 Å². The number of hydrogen-bond donors (Lipinski definition) is 2. The van der Waals surface area contributed by atoms with E-state index in [1.165, 1.54) is 75.3 Å². The number of methoxy groups -OCH3 is 4. The number of rotatable bonds is 40. The number of ether oxygens (including phenoxy) is 13. The summed E-state index contributed by atoms with van der Waals surface area (Å²) in [4.78, 5) is 100. The molecule has 1 aromatic heterocycles. The average Bonchev–Trinajstić information content (AvgIpc) is 1.57. The van der Waals surface area contributed by atoms with Crippen molar-refractivity contribution in [1.29, 1.82) is 0 Å². The number of esters is 7. The third-order valence-electron chi connectivity index (χ3n) is 30.4. The molecule has 2 saturated heterocycles. The van der Waals surface area contributed by atoms with E-state index in [4.69, 9.17) is 71.8 Å². The number of phenolic OH excluding ortho intramolecular Hbond substituents is 2. The van der Waals surface area contributed by atoms with E-state index in [1.807, 2.05) is 191 Å². The minimum Gasteiger partial charge on any atom is -0.508 e. The van der Waals surface area contributed by atoms with Crippen LogP contribution in [0.25, 0.3) is 11.1 Å². The SMILES string of the molecule is CCC(C)(C)C(=O)OC(C)(C)C1CCCCC1.CCC(C)(C)C(=O)OC(C)(CC)C1CCCCC1.CCC(C)(C)C(=O)OC1C2CC3C(=O)OC1C3C2.CCC(C)(C)C(=O)OCC1CCC2OC2C1.CCC(C)(C)C(=O)OCCOc1nc(N(COC)COC)nc(N(COC)COC)n1.CCC(C)(C)C(=O)Oc1ccc(-c2ccccc2)cc1.CCC(C)c1ccc(O)cc1.CCC(C)c1ccc(O)cc1. The lowest BCUT2D eigenvalue weighted by atomic mass is 9.76. The van der Waals surface area contributed by atoms with Crippen molar-refractivity contribution in [3.05, 3.63) is 114 Å². The van der Waals surface area contributed by atoms with Crippen molar-refractivity contribution < 1.29 is 105 Å². The number of epoxide rings is 1. The molecule has 7 fully saturated rings. The fourth-order valence-electron chi connectivity index (χ4n) is 16.7. The molecule has 2 N–H and O–H groups in total. The highest BCUT2D eigenvalue weighted by molar-refractivity contribution is 5.80. The van der Waals surface area contributed by atoms with Crippen molar-refractivity contribution in [3.8, 4) is 34.4 Å². The third kappa shape index (κ3) is 38.7. The number of phenols is 2. The van der Waals surface area contributed by atoms with Crippen LogP contribution in [0.15, 0.2) is 103 Å². The molecular formula is C115H183N5O22. The van der Waals surface area contributed by atoms with E-state index in [0.29, 0.717) is 83.9 Å². The van der Waals surface area contributed by atoms with Gasteiger partial charge in [-0.1, -0.05) is 181 Å². The lowest BCUT2D eigenvalue weighted by molar-refractivity contribution is -0.177. The number of aromatic nitrogens is 3. The van der Waals surface area contributed by atoms with Gasteiger partial charge in [0.25, 0.3) is 0 Å². The van der Waals surface area contributed by atoms with Gasteiger partial charge in [0.2, 0.25) is 11.9 Å². The summed E-state index contributed by atoms with van der Waals surface area (Å²) in [5.74, 6) is 4.48. The molecule has 5 aromatic rings. The highest BCUT2D eigenvalue weighted by Gasteiger charge is 2.64. The van der Waals surface area contributed by atoms with Gasteiger partial charge in [-0.25, -0.2) is 0 Å². The molecule has 7 aliphatic rings. The molecule has 11 atom stereocenters. The molecule has 2 aliphatic heterocycles. The molecule has 800 valence electrons. The van der Waals surface area contributed by atoms with Crippen molar-refractivity contribution in [2.45, 2.75) is 382 Å². The van der Waals surface area contributed by atoms with E-state index in [9.17, 15) is 33.6 Å². The molecule has 0 radical (unpaired) electrons. The van der Waals surface area contributed by atoms with Gasteiger partial charge >= 0.3 is 47.8 Å². The van der Waals surface area contributed by atoms with E-state index in [2.05, 4.69) is 82.5 Å². The maximum absolute atomic E-state index is 12.3. The van der Waals surface area contributed by atoms with Crippen LogP contribution < -0.4 is 19.3 Å². The normalized spacial score (nSPS) is 20.0. The van der Waals surface area contributed by atoms with Gasteiger partial charge in [-0.2, -0.15) is 15.0 Å². The van der Waals surface area contributed by atoms with E-state index >= 15 is 0 Å².